The quantitative estimate of drug-likeness (QED) is 0.845. The summed E-state index contributed by atoms with van der Waals surface area (Å²) in [5.41, 5.74) is 3.32. The Bertz CT molecular complexity index is 541. The van der Waals surface area contributed by atoms with Gasteiger partial charge in [-0.1, -0.05) is 48.6 Å². The van der Waals surface area contributed by atoms with Crippen molar-refractivity contribution in [3.05, 3.63) is 34.9 Å². The van der Waals surface area contributed by atoms with Crippen LogP contribution in [0, 0.1) is 19.8 Å². The highest BCUT2D eigenvalue weighted by molar-refractivity contribution is 5.83. The Morgan fingerprint density at radius 3 is 2.30 bits per heavy atom. The first-order chi connectivity index (χ1) is 10.9. The van der Waals surface area contributed by atoms with E-state index >= 15 is 0 Å². The van der Waals surface area contributed by atoms with Gasteiger partial charge in [0.2, 0.25) is 5.91 Å². The van der Waals surface area contributed by atoms with Crippen molar-refractivity contribution in [2.75, 3.05) is 0 Å². The zero-order valence-electron chi connectivity index (χ0n) is 14.1. The van der Waals surface area contributed by atoms with Crippen molar-refractivity contribution in [1.29, 1.82) is 0 Å². The van der Waals surface area contributed by atoms with Crippen LogP contribution in [0.1, 0.15) is 55.2 Å². The van der Waals surface area contributed by atoms with Crippen molar-refractivity contribution >= 4 is 11.9 Å². The van der Waals surface area contributed by atoms with Crippen LogP contribution in [0.15, 0.2) is 18.2 Å². The molecule has 0 spiro atoms. The number of amides is 1. The van der Waals surface area contributed by atoms with Crippen molar-refractivity contribution in [3.63, 3.8) is 0 Å². The molecular weight excluding hydrogens is 290 g/mol. The highest BCUT2D eigenvalue weighted by atomic mass is 16.4. The van der Waals surface area contributed by atoms with Crippen molar-refractivity contribution in [2.24, 2.45) is 5.92 Å². The molecule has 0 radical (unpaired) electrons. The Labute approximate surface area is 138 Å². The van der Waals surface area contributed by atoms with Gasteiger partial charge in [0.15, 0.2) is 0 Å². The molecule has 2 rings (SSSR count). The number of aryl methyl sites for hydroxylation is 2. The number of benzene rings is 1. The normalized spacial score (nSPS) is 16.8. The van der Waals surface area contributed by atoms with Crippen LogP contribution in [0.5, 0.6) is 0 Å². The van der Waals surface area contributed by atoms with Gasteiger partial charge in [0.25, 0.3) is 0 Å². The van der Waals surface area contributed by atoms with Crippen molar-refractivity contribution in [3.8, 4) is 0 Å². The molecule has 1 amide bonds. The maximum absolute atomic E-state index is 12.5. The van der Waals surface area contributed by atoms with E-state index in [2.05, 4.69) is 11.4 Å². The Kier molecular flexibility index (Phi) is 6.20. The molecule has 4 heteroatoms. The number of hydrogen-bond donors (Lipinski definition) is 2. The predicted molar refractivity (Wildman–Crippen MR) is 90.4 cm³/mol. The van der Waals surface area contributed by atoms with E-state index in [1.54, 1.807) is 0 Å². The van der Waals surface area contributed by atoms with E-state index in [1.165, 1.54) is 6.42 Å². The summed E-state index contributed by atoms with van der Waals surface area (Å²) in [6.45, 7) is 4.04. The third-order valence-corrected chi connectivity index (χ3v) is 4.51. The second-order valence-corrected chi connectivity index (χ2v) is 6.84. The Balaban J connectivity index is 2.05. The number of hydrogen-bond acceptors (Lipinski definition) is 2. The molecule has 2 N–H and O–H groups in total. The van der Waals surface area contributed by atoms with Crippen LogP contribution < -0.4 is 5.32 Å². The molecule has 4 nitrogen and oxygen atoms in total. The number of nitrogens with one attached hydrogen (secondary N) is 1. The van der Waals surface area contributed by atoms with Gasteiger partial charge in [-0.2, -0.15) is 0 Å². The first-order valence-electron chi connectivity index (χ1n) is 8.53. The second kappa shape index (κ2) is 8.14. The summed E-state index contributed by atoms with van der Waals surface area (Å²) >= 11 is 0. The molecule has 0 saturated heterocycles. The van der Waals surface area contributed by atoms with E-state index in [-0.39, 0.29) is 18.4 Å². The zero-order valence-corrected chi connectivity index (χ0v) is 14.1. The number of carbonyl (C=O) groups is 2. The maximum atomic E-state index is 12.5. The summed E-state index contributed by atoms with van der Waals surface area (Å²) in [6.07, 6.45) is 5.90. The Morgan fingerprint density at radius 2 is 1.74 bits per heavy atom. The third kappa shape index (κ3) is 5.70. The lowest BCUT2D eigenvalue weighted by atomic mass is 9.91. The first-order valence-corrected chi connectivity index (χ1v) is 8.53. The standard InChI is InChI=1S/C19H27NO3/c1-13-8-14(2)10-15(9-13)11-16(12-18(21)22)19(23)20-17-6-4-3-5-7-17/h8-10,16-17H,3-7,11-12H2,1-2H3,(H,20,23)(H,21,22)/t16-/m1/s1. The van der Waals surface area contributed by atoms with Crippen LogP contribution in [-0.4, -0.2) is 23.0 Å². The van der Waals surface area contributed by atoms with Crippen molar-refractivity contribution in [2.45, 2.75) is 64.8 Å². The summed E-state index contributed by atoms with van der Waals surface area (Å²) in [5, 5.41) is 12.2. The van der Waals surface area contributed by atoms with Crippen LogP contribution in [0.3, 0.4) is 0 Å². The molecular formula is C19H27NO3. The number of carboxylic acids is 1. The number of carbonyl (C=O) groups excluding carboxylic acids is 1. The molecule has 23 heavy (non-hydrogen) atoms. The van der Waals surface area contributed by atoms with Gasteiger partial charge in [0.05, 0.1) is 12.3 Å². The summed E-state index contributed by atoms with van der Waals surface area (Å²) < 4.78 is 0. The van der Waals surface area contributed by atoms with Crippen LogP contribution in [0.2, 0.25) is 0 Å². The first kappa shape index (κ1) is 17.5. The van der Waals surface area contributed by atoms with Crippen LogP contribution in [0.25, 0.3) is 0 Å². The van der Waals surface area contributed by atoms with E-state index in [0.29, 0.717) is 6.42 Å². The Morgan fingerprint density at radius 1 is 1.13 bits per heavy atom. The molecule has 1 saturated carbocycles. The second-order valence-electron chi connectivity index (χ2n) is 6.84. The van der Waals surface area contributed by atoms with Gasteiger partial charge in [-0.15, -0.1) is 0 Å². The minimum Gasteiger partial charge on any atom is -0.481 e. The van der Waals surface area contributed by atoms with Crippen molar-refractivity contribution in [1.82, 2.24) is 5.32 Å². The van der Waals surface area contributed by atoms with Gasteiger partial charge in [0, 0.05) is 6.04 Å². The molecule has 1 aliphatic carbocycles. The van der Waals surface area contributed by atoms with E-state index in [0.717, 1.165) is 42.4 Å². The van der Waals surface area contributed by atoms with Gasteiger partial charge in [0.1, 0.15) is 0 Å². The minimum absolute atomic E-state index is 0.113. The SMILES string of the molecule is Cc1cc(C)cc(C[C@H](CC(=O)O)C(=O)NC2CCCCC2)c1. The fourth-order valence-electron chi connectivity index (χ4n) is 3.51. The summed E-state index contributed by atoms with van der Waals surface area (Å²) in [4.78, 5) is 23.7. The molecule has 1 aromatic carbocycles. The highest BCUT2D eigenvalue weighted by Gasteiger charge is 2.25. The highest BCUT2D eigenvalue weighted by Crippen LogP contribution is 2.20. The lowest BCUT2D eigenvalue weighted by molar-refractivity contribution is -0.141. The molecule has 1 atom stereocenters. The largest absolute Gasteiger partial charge is 0.481 e. The summed E-state index contributed by atoms with van der Waals surface area (Å²) in [7, 11) is 0. The number of aliphatic carboxylic acids is 1. The molecule has 1 fully saturated rings. The van der Waals surface area contributed by atoms with Gasteiger partial charge < -0.3 is 10.4 Å². The average Bonchev–Trinajstić information content (AvgIpc) is 2.46. The molecule has 0 aromatic heterocycles. The van der Waals surface area contributed by atoms with Crippen LogP contribution >= 0.6 is 0 Å². The fourth-order valence-corrected chi connectivity index (χ4v) is 3.51. The van der Waals surface area contributed by atoms with Gasteiger partial charge >= 0.3 is 5.97 Å². The monoisotopic (exact) mass is 317 g/mol. The van der Waals surface area contributed by atoms with Crippen LogP contribution in [-0.2, 0) is 16.0 Å². The maximum Gasteiger partial charge on any atom is 0.304 e. The molecule has 1 aliphatic rings. The van der Waals surface area contributed by atoms with Crippen LogP contribution in [0.4, 0.5) is 0 Å². The molecule has 0 aliphatic heterocycles. The minimum atomic E-state index is -0.918. The van der Waals surface area contributed by atoms with E-state index in [4.69, 9.17) is 5.11 Å². The molecule has 0 heterocycles. The van der Waals surface area contributed by atoms with Gasteiger partial charge in [-0.3, -0.25) is 9.59 Å². The topological polar surface area (TPSA) is 66.4 Å². The van der Waals surface area contributed by atoms with E-state index in [1.807, 2.05) is 26.0 Å². The van der Waals surface area contributed by atoms with Crippen molar-refractivity contribution < 1.29 is 14.7 Å². The summed E-state index contributed by atoms with van der Waals surface area (Å²) in [5.74, 6) is -1.53. The Hall–Kier alpha value is -1.84. The van der Waals surface area contributed by atoms with E-state index in [9.17, 15) is 9.59 Å². The number of carboxylic acid groups (broad SMARTS) is 1. The predicted octanol–water partition coefficient (Wildman–Crippen LogP) is 3.39. The average molecular weight is 317 g/mol. The summed E-state index contributed by atoms with van der Waals surface area (Å²) in [6, 6.07) is 6.37. The molecule has 0 unspecified atom stereocenters. The van der Waals surface area contributed by atoms with Gasteiger partial charge in [-0.25, -0.2) is 0 Å². The smallest absolute Gasteiger partial charge is 0.304 e. The fraction of sp³-hybridized carbons (Fsp3) is 0.579. The van der Waals surface area contributed by atoms with E-state index < -0.39 is 11.9 Å². The molecule has 126 valence electrons. The molecule has 0 bridgehead atoms. The lowest BCUT2D eigenvalue weighted by Gasteiger charge is -2.25. The molecule has 1 aromatic rings. The number of rotatable bonds is 6. The van der Waals surface area contributed by atoms with Gasteiger partial charge in [-0.05, 0) is 38.7 Å². The lowest BCUT2D eigenvalue weighted by Crippen LogP contribution is -2.41. The third-order valence-electron chi connectivity index (χ3n) is 4.51. The zero-order chi connectivity index (χ0) is 16.8.